The van der Waals surface area contributed by atoms with E-state index in [0.29, 0.717) is 26.1 Å². The van der Waals surface area contributed by atoms with Crippen molar-refractivity contribution in [2.45, 2.75) is 45.8 Å². The van der Waals surface area contributed by atoms with Gasteiger partial charge in [-0.3, -0.25) is 9.59 Å². The van der Waals surface area contributed by atoms with Crippen molar-refractivity contribution >= 4 is 34.9 Å². The lowest BCUT2D eigenvalue weighted by Crippen LogP contribution is -2.52. The Kier molecular flexibility index (Phi) is 9.72. The maximum absolute atomic E-state index is 14.5. The normalized spacial score (nSPS) is 15.6. The number of aryl methyl sites for hydroxylation is 2. The van der Waals surface area contributed by atoms with Crippen LogP contribution in [-0.4, -0.2) is 65.5 Å². The first-order valence-electron chi connectivity index (χ1n) is 15.7. The number of carbonyl (C=O) groups is 2. The van der Waals surface area contributed by atoms with Crippen LogP contribution in [-0.2, 0) is 40.3 Å². The number of anilines is 1. The molecule has 3 heterocycles. The van der Waals surface area contributed by atoms with Crippen molar-refractivity contribution in [2.75, 3.05) is 37.7 Å². The van der Waals surface area contributed by atoms with Crippen molar-refractivity contribution in [1.29, 1.82) is 0 Å². The summed E-state index contributed by atoms with van der Waals surface area (Å²) in [6.07, 6.45) is 4.69. The number of fused-ring (bicyclic) bond motifs is 1. The minimum absolute atomic E-state index is 0.0233. The number of aromatic nitrogens is 1. The van der Waals surface area contributed by atoms with Gasteiger partial charge in [0.1, 0.15) is 6.04 Å². The number of thiazole rings is 1. The van der Waals surface area contributed by atoms with Crippen molar-refractivity contribution in [2.24, 2.45) is 0 Å². The zero-order chi connectivity index (χ0) is 31.2. The number of carbonyl (C=O) groups excluding carboxylic acids is 2. The number of benzene rings is 3. The van der Waals surface area contributed by atoms with E-state index in [1.54, 1.807) is 22.3 Å². The molecule has 3 aromatic carbocycles. The van der Waals surface area contributed by atoms with Crippen molar-refractivity contribution < 1.29 is 14.3 Å². The molecule has 1 aromatic heterocycles. The molecule has 2 amide bonds. The van der Waals surface area contributed by atoms with Crippen LogP contribution >= 0.6 is 11.3 Å². The molecule has 0 saturated carbocycles. The highest BCUT2D eigenvalue weighted by atomic mass is 32.1. The van der Waals surface area contributed by atoms with Gasteiger partial charge in [-0.15, -0.1) is 11.3 Å². The molecule has 1 unspecified atom stereocenters. The first-order valence-corrected chi connectivity index (χ1v) is 16.5. The molecule has 4 aromatic rings. The third-order valence-corrected chi connectivity index (χ3v) is 9.68. The molecule has 0 N–H and O–H groups in total. The van der Waals surface area contributed by atoms with E-state index >= 15 is 0 Å². The van der Waals surface area contributed by atoms with Crippen molar-refractivity contribution in [1.82, 2.24) is 14.8 Å². The monoisotopic (exact) mass is 620 g/mol. The molecule has 2 aliphatic rings. The fourth-order valence-electron chi connectivity index (χ4n) is 6.18. The summed E-state index contributed by atoms with van der Waals surface area (Å²) in [4.78, 5) is 40.2. The van der Waals surface area contributed by atoms with Gasteiger partial charge in [-0.25, -0.2) is 4.98 Å². The second-order valence-electron chi connectivity index (χ2n) is 11.7. The lowest BCUT2D eigenvalue weighted by molar-refractivity contribution is -0.144. The van der Waals surface area contributed by atoms with Crippen LogP contribution in [0.3, 0.4) is 0 Å². The van der Waals surface area contributed by atoms with E-state index in [1.165, 1.54) is 11.1 Å². The number of morpholine rings is 1. The summed E-state index contributed by atoms with van der Waals surface area (Å²) in [6.45, 7) is 8.58. The number of hydrogen-bond donors (Lipinski definition) is 0. The molecular formula is C37H40N4O3S. The Morgan fingerprint density at radius 3 is 2.33 bits per heavy atom. The van der Waals surface area contributed by atoms with Crippen LogP contribution in [0.2, 0.25) is 0 Å². The van der Waals surface area contributed by atoms with Crippen LogP contribution in [0.15, 0.2) is 84.9 Å². The van der Waals surface area contributed by atoms with Gasteiger partial charge < -0.3 is 19.4 Å². The summed E-state index contributed by atoms with van der Waals surface area (Å²) in [7, 11) is 0. The number of amides is 2. The molecule has 232 valence electrons. The maximum atomic E-state index is 14.5. The average Bonchev–Trinajstić information content (AvgIpc) is 3.41. The molecular weight excluding hydrogens is 580 g/mol. The molecule has 2 aliphatic heterocycles. The summed E-state index contributed by atoms with van der Waals surface area (Å²) in [5.74, 6) is -0.214. The highest BCUT2D eigenvalue weighted by molar-refractivity contribution is 7.12. The number of nitrogens with zero attached hydrogens (tertiary/aromatic N) is 4. The van der Waals surface area contributed by atoms with Gasteiger partial charge in [0.25, 0.3) is 0 Å². The summed E-state index contributed by atoms with van der Waals surface area (Å²) in [5, 5.41) is 0.958. The van der Waals surface area contributed by atoms with Crippen LogP contribution in [0.1, 0.15) is 37.8 Å². The molecule has 45 heavy (non-hydrogen) atoms. The van der Waals surface area contributed by atoms with Crippen molar-refractivity contribution in [3.63, 3.8) is 0 Å². The Balaban J connectivity index is 1.33. The lowest BCUT2D eigenvalue weighted by atomic mass is 9.97. The maximum Gasteiger partial charge on any atom is 0.247 e. The standard InChI is InChI=1S/C37H40N4O3S/c1-27-35(45-28(2)38-27)16-17-36(42)41(25-30-12-14-33(15-13-30)39-20-22-44-23-21-39)34(24-29-8-4-3-5-9-29)37(43)40-19-18-31-10-6-7-11-32(31)26-40/h3-17,34H,18-26H2,1-2H3. The second kappa shape index (κ2) is 14.2. The minimum Gasteiger partial charge on any atom is -0.378 e. The zero-order valence-electron chi connectivity index (χ0n) is 26.0. The van der Waals surface area contributed by atoms with Gasteiger partial charge in [0.15, 0.2) is 0 Å². The Morgan fingerprint density at radius 2 is 1.62 bits per heavy atom. The van der Waals surface area contributed by atoms with Crippen LogP contribution in [0.4, 0.5) is 5.69 Å². The molecule has 1 fully saturated rings. The number of hydrogen-bond acceptors (Lipinski definition) is 6. The van der Waals surface area contributed by atoms with Crippen LogP contribution in [0.5, 0.6) is 0 Å². The van der Waals surface area contributed by atoms with E-state index in [1.807, 2.05) is 61.2 Å². The quantitative estimate of drug-likeness (QED) is 0.220. The Morgan fingerprint density at radius 1 is 0.911 bits per heavy atom. The third kappa shape index (κ3) is 7.52. The largest absolute Gasteiger partial charge is 0.378 e. The van der Waals surface area contributed by atoms with Crippen LogP contribution in [0, 0.1) is 13.8 Å². The molecule has 1 saturated heterocycles. The van der Waals surface area contributed by atoms with Gasteiger partial charge in [-0.2, -0.15) is 0 Å². The summed E-state index contributed by atoms with van der Waals surface area (Å²) in [5.41, 5.74) is 6.49. The van der Waals surface area contributed by atoms with E-state index in [0.717, 1.165) is 65.1 Å². The topological polar surface area (TPSA) is 66.0 Å². The SMILES string of the molecule is Cc1nc(C)c(C=CC(=O)N(Cc2ccc(N3CCOCC3)cc2)C(Cc2ccccc2)C(=O)N2CCc3ccccc3C2)s1. The third-order valence-electron chi connectivity index (χ3n) is 8.64. The molecule has 0 aliphatic carbocycles. The molecule has 0 bridgehead atoms. The van der Waals surface area contributed by atoms with E-state index in [-0.39, 0.29) is 11.8 Å². The van der Waals surface area contributed by atoms with Gasteiger partial charge in [0, 0.05) is 50.9 Å². The Bertz CT molecular complexity index is 1640. The zero-order valence-corrected chi connectivity index (χ0v) is 26.8. The molecule has 7 nitrogen and oxygen atoms in total. The van der Waals surface area contributed by atoms with Gasteiger partial charge in [0.2, 0.25) is 11.8 Å². The van der Waals surface area contributed by atoms with E-state index in [4.69, 9.17) is 4.74 Å². The lowest BCUT2D eigenvalue weighted by Gasteiger charge is -2.37. The first-order chi connectivity index (χ1) is 21.9. The van der Waals surface area contributed by atoms with Gasteiger partial charge in [-0.05, 0) is 60.7 Å². The average molecular weight is 621 g/mol. The molecule has 6 rings (SSSR count). The van der Waals surface area contributed by atoms with E-state index < -0.39 is 6.04 Å². The van der Waals surface area contributed by atoms with Crippen LogP contribution in [0.25, 0.3) is 6.08 Å². The summed E-state index contributed by atoms with van der Waals surface area (Å²) in [6, 6.07) is 26.0. The Hall–Kier alpha value is -4.27. The molecule has 8 heteroatoms. The van der Waals surface area contributed by atoms with Gasteiger partial charge in [-0.1, -0.05) is 66.7 Å². The summed E-state index contributed by atoms with van der Waals surface area (Å²) >= 11 is 1.56. The molecule has 0 spiro atoms. The van der Waals surface area contributed by atoms with Gasteiger partial charge >= 0.3 is 0 Å². The predicted molar refractivity (Wildman–Crippen MR) is 180 cm³/mol. The number of rotatable bonds is 9. The Labute approximate surface area is 269 Å². The van der Waals surface area contributed by atoms with Crippen molar-refractivity contribution in [3.05, 3.63) is 123 Å². The molecule has 0 radical (unpaired) electrons. The fraction of sp³-hybridized carbons (Fsp3) is 0.324. The highest BCUT2D eigenvalue weighted by Crippen LogP contribution is 2.25. The molecule has 1 atom stereocenters. The number of ether oxygens (including phenoxy) is 1. The van der Waals surface area contributed by atoms with Gasteiger partial charge in [0.05, 0.1) is 28.8 Å². The smallest absolute Gasteiger partial charge is 0.247 e. The second-order valence-corrected chi connectivity index (χ2v) is 13.0. The highest BCUT2D eigenvalue weighted by Gasteiger charge is 2.34. The van der Waals surface area contributed by atoms with E-state index in [9.17, 15) is 9.59 Å². The predicted octanol–water partition coefficient (Wildman–Crippen LogP) is 5.83. The summed E-state index contributed by atoms with van der Waals surface area (Å²) < 4.78 is 5.52. The fourth-order valence-corrected chi connectivity index (χ4v) is 7.01. The van der Waals surface area contributed by atoms with E-state index in [2.05, 4.69) is 52.3 Å². The van der Waals surface area contributed by atoms with Crippen molar-refractivity contribution in [3.8, 4) is 0 Å². The van der Waals surface area contributed by atoms with Crippen LogP contribution < -0.4 is 4.90 Å². The minimum atomic E-state index is -0.668. The first kappa shape index (κ1) is 30.7.